The van der Waals surface area contributed by atoms with E-state index < -0.39 is 0 Å². The summed E-state index contributed by atoms with van der Waals surface area (Å²) < 4.78 is 5.20. The van der Waals surface area contributed by atoms with Crippen LogP contribution in [0.15, 0.2) is 0 Å². The molecule has 0 aromatic carbocycles. The SMILES string of the molecule is COCC(C)N(C)CCC(C)C1CCCNC1. The number of nitrogens with zero attached hydrogens (tertiary/aromatic N) is 1. The lowest BCUT2D eigenvalue weighted by atomic mass is 9.85. The summed E-state index contributed by atoms with van der Waals surface area (Å²) in [5.41, 5.74) is 0. The Labute approximate surface area is 107 Å². The van der Waals surface area contributed by atoms with E-state index in [9.17, 15) is 0 Å². The van der Waals surface area contributed by atoms with Crippen LogP contribution >= 0.6 is 0 Å². The van der Waals surface area contributed by atoms with Gasteiger partial charge in [0.25, 0.3) is 0 Å². The quantitative estimate of drug-likeness (QED) is 0.739. The second-order valence-electron chi connectivity index (χ2n) is 5.66. The smallest absolute Gasteiger partial charge is 0.0615 e. The van der Waals surface area contributed by atoms with Crippen LogP contribution in [0, 0.1) is 11.8 Å². The minimum Gasteiger partial charge on any atom is -0.383 e. The van der Waals surface area contributed by atoms with Gasteiger partial charge in [-0.3, -0.25) is 0 Å². The second-order valence-corrected chi connectivity index (χ2v) is 5.66. The van der Waals surface area contributed by atoms with Crippen LogP contribution in [0.3, 0.4) is 0 Å². The van der Waals surface area contributed by atoms with Crippen molar-refractivity contribution in [1.29, 1.82) is 0 Å². The average Bonchev–Trinajstić information content (AvgIpc) is 2.36. The van der Waals surface area contributed by atoms with Crippen LogP contribution in [0.1, 0.15) is 33.1 Å². The van der Waals surface area contributed by atoms with Crippen molar-refractivity contribution < 1.29 is 4.74 Å². The fourth-order valence-electron chi connectivity index (χ4n) is 2.60. The molecular weight excluding hydrogens is 212 g/mol. The Morgan fingerprint density at radius 2 is 2.18 bits per heavy atom. The number of ether oxygens (including phenoxy) is 1. The highest BCUT2D eigenvalue weighted by Gasteiger charge is 2.20. The topological polar surface area (TPSA) is 24.5 Å². The van der Waals surface area contributed by atoms with Gasteiger partial charge in [-0.05, 0) is 64.7 Å². The van der Waals surface area contributed by atoms with Crippen LogP contribution in [0.25, 0.3) is 0 Å². The molecule has 3 unspecified atom stereocenters. The van der Waals surface area contributed by atoms with Crippen LogP contribution in [0.5, 0.6) is 0 Å². The summed E-state index contributed by atoms with van der Waals surface area (Å²) in [7, 11) is 3.98. The first-order chi connectivity index (χ1) is 8.15. The molecule has 17 heavy (non-hydrogen) atoms. The Kier molecular flexibility index (Phi) is 7.09. The molecule has 1 fully saturated rings. The normalized spacial score (nSPS) is 24.9. The third kappa shape index (κ3) is 5.36. The van der Waals surface area contributed by atoms with E-state index in [1.54, 1.807) is 7.11 Å². The Hall–Kier alpha value is -0.120. The van der Waals surface area contributed by atoms with Gasteiger partial charge in [-0.2, -0.15) is 0 Å². The van der Waals surface area contributed by atoms with E-state index in [4.69, 9.17) is 4.74 Å². The number of piperidine rings is 1. The van der Waals surface area contributed by atoms with Crippen LogP contribution in [0.4, 0.5) is 0 Å². The fourth-order valence-corrected chi connectivity index (χ4v) is 2.60. The van der Waals surface area contributed by atoms with Gasteiger partial charge in [-0.25, -0.2) is 0 Å². The van der Waals surface area contributed by atoms with Gasteiger partial charge < -0.3 is 15.0 Å². The van der Waals surface area contributed by atoms with Crippen molar-refractivity contribution in [2.75, 3.05) is 40.4 Å². The van der Waals surface area contributed by atoms with Crippen LogP contribution < -0.4 is 5.32 Å². The molecule has 1 aliphatic heterocycles. The molecule has 3 heteroatoms. The summed E-state index contributed by atoms with van der Waals surface area (Å²) in [5, 5.41) is 3.51. The van der Waals surface area contributed by atoms with Crippen LogP contribution in [-0.2, 0) is 4.74 Å². The Balaban J connectivity index is 2.19. The summed E-state index contributed by atoms with van der Waals surface area (Å²) in [6.07, 6.45) is 4.06. The zero-order valence-electron chi connectivity index (χ0n) is 12.0. The maximum atomic E-state index is 5.20. The summed E-state index contributed by atoms with van der Waals surface area (Å²) in [4.78, 5) is 2.41. The largest absolute Gasteiger partial charge is 0.383 e. The van der Waals surface area contributed by atoms with Crippen molar-refractivity contribution in [3.8, 4) is 0 Å². The first-order valence-corrected chi connectivity index (χ1v) is 7.05. The van der Waals surface area contributed by atoms with E-state index in [0.717, 1.165) is 18.4 Å². The molecule has 3 nitrogen and oxygen atoms in total. The molecule has 0 saturated carbocycles. The molecule has 1 saturated heterocycles. The Bertz CT molecular complexity index is 193. The zero-order valence-corrected chi connectivity index (χ0v) is 12.0. The molecule has 0 aromatic rings. The number of hydrogen-bond donors (Lipinski definition) is 1. The van der Waals surface area contributed by atoms with Crippen molar-refractivity contribution in [2.24, 2.45) is 11.8 Å². The molecule has 0 spiro atoms. The molecule has 1 rings (SSSR count). The molecule has 3 atom stereocenters. The van der Waals surface area contributed by atoms with Gasteiger partial charge >= 0.3 is 0 Å². The maximum absolute atomic E-state index is 5.20. The van der Waals surface area contributed by atoms with E-state index in [0.29, 0.717) is 6.04 Å². The number of methoxy groups -OCH3 is 1. The van der Waals surface area contributed by atoms with Crippen molar-refractivity contribution in [1.82, 2.24) is 10.2 Å². The van der Waals surface area contributed by atoms with E-state index in [1.807, 2.05) is 0 Å². The van der Waals surface area contributed by atoms with Gasteiger partial charge in [-0.15, -0.1) is 0 Å². The monoisotopic (exact) mass is 242 g/mol. The summed E-state index contributed by atoms with van der Waals surface area (Å²) in [5.74, 6) is 1.72. The predicted octanol–water partition coefficient (Wildman–Crippen LogP) is 1.98. The van der Waals surface area contributed by atoms with Gasteiger partial charge in [0, 0.05) is 13.2 Å². The molecule has 1 N–H and O–H groups in total. The zero-order chi connectivity index (χ0) is 12.7. The maximum Gasteiger partial charge on any atom is 0.0615 e. The number of rotatable bonds is 7. The van der Waals surface area contributed by atoms with Gasteiger partial charge in [0.2, 0.25) is 0 Å². The molecule has 1 heterocycles. The molecular formula is C14H30N2O. The van der Waals surface area contributed by atoms with E-state index in [1.165, 1.54) is 38.9 Å². The van der Waals surface area contributed by atoms with E-state index >= 15 is 0 Å². The first kappa shape index (κ1) is 14.9. The highest BCUT2D eigenvalue weighted by molar-refractivity contribution is 4.75. The third-order valence-electron chi connectivity index (χ3n) is 4.24. The Morgan fingerprint density at radius 3 is 2.76 bits per heavy atom. The lowest BCUT2D eigenvalue weighted by Crippen LogP contribution is -2.37. The average molecular weight is 242 g/mol. The highest BCUT2D eigenvalue weighted by atomic mass is 16.5. The van der Waals surface area contributed by atoms with Crippen LogP contribution in [-0.4, -0.2) is 51.3 Å². The van der Waals surface area contributed by atoms with Gasteiger partial charge in [0.1, 0.15) is 0 Å². The minimum absolute atomic E-state index is 0.525. The molecule has 102 valence electrons. The Morgan fingerprint density at radius 1 is 1.41 bits per heavy atom. The van der Waals surface area contributed by atoms with Crippen molar-refractivity contribution >= 4 is 0 Å². The van der Waals surface area contributed by atoms with Gasteiger partial charge in [-0.1, -0.05) is 6.92 Å². The third-order valence-corrected chi connectivity index (χ3v) is 4.24. The standard InChI is InChI=1S/C14H30N2O/c1-12(14-6-5-8-15-10-14)7-9-16(3)13(2)11-17-4/h12-15H,5-11H2,1-4H3. The van der Waals surface area contributed by atoms with Crippen molar-refractivity contribution in [3.63, 3.8) is 0 Å². The first-order valence-electron chi connectivity index (χ1n) is 7.05. The highest BCUT2D eigenvalue weighted by Crippen LogP contribution is 2.22. The number of likely N-dealkylation sites (N-methyl/N-ethyl adjacent to an activating group) is 1. The summed E-state index contributed by atoms with van der Waals surface area (Å²) >= 11 is 0. The minimum atomic E-state index is 0.525. The van der Waals surface area contributed by atoms with E-state index in [2.05, 4.69) is 31.1 Å². The lowest BCUT2D eigenvalue weighted by molar-refractivity contribution is 0.109. The molecule has 0 bridgehead atoms. The van der Waals surface area contributed by atoms with E-state index in [-0.39, 0.29) is 0 Å². The summed E-state index contributed by atoms with van der Waals surface area (Å²) in [6, 6.07) is 0.525. The predicted molar refractivity (Wildman–Crippen MR) is 73.3 cm³/mol. The van der Waals surface area contributed by atoms with Crippen LogP contribution in [0.2, 0.25) is 0 Å². The number of nitrogens with one attached hydrogen (secondary N) is 1. The fraction of sp³-hybridized carbons (Fsp3) is 1.00. The lowest BCUT2D eigenvalue weighted by Gasteiger charge is -2.31. The second kappa shape index (κ2) is 8.06. The van der Waals surface area contributed by atoms with Crippen molar-refractivity contribution in [3.05, 3.63) is 0 Å². The van der Waals surface area contributed by atoms with Crippen molar-refractivity contribution in [2.45, 2.75) is 39.2 Å². The molecule has 1 aliphatic rings. The van der Waals surface area contributed by atoms with Gasteiger partial charge in [0.05, 0.1) is 6.61 Å². The molecule has 0 radical (unpaired) electrons. The summed E-state index contributed by atoms with van der Waals surface area (Å²) in [6.45, 7) is 9.09. The van der Waals surface area contributed by atoms with Gasteiger partial charge in [0.15, 0.2) is 0 Å². The molecule has 0 aromatic heterocycles. The number of hydrogen-bond acceptors (Lipinski definition) is 3. The molecule has 0 amide bonds. The molecule has 0 aliphatic carbocycles.